The van der Waals surface area contributed by atoms with E-state index in [2.05, 4.69) is 21.2 Å². The van der Waals surface area contributed by atoms with Crippen molar-refractivity contribution in [2.45, 2.75) is 0 Å². The minimum Gasteiger partial charge on any atom is -0.346 e. The maximum Gasteiger partial charge on any atom is 0.110 e. The Morgan fingerprint density at radius 1 is 1.00 bits per heavy atom. The molecule has 1 N–H and O–H groups in total. The first kappa shape index (κ1) is 12.6. The van der Waals surface area contributed by atoms with Crippen LogP contribution in [-0.2, 0) is 0 Å². The number of halogens is 2. The largest absolute Gasteiger partial charge is 0.346 e. The van der Waals surface area contributed by atoms with Crippen LogP contribution in [0.4, 0.5) is 5.69 Å². The maximum absolute atomic E-state index is 5.83. The fraction of sp³-hybridized carbons (Fsp3) is 0. The van der Waals surface area contributed by atoms with Crippen molar-refractivity contribution < 1.29 is 0 Å². The molecule has 4 heteroatoms. The normalized spacial score (nSPS) is 10.0. The Balaban J connectivity index is 2.11. The van der Waals surface area contributed by atoms with Crippen molar-refractivity contribution in [1.82, 2.24) is 0 Å². The van der Waals surface area contributed by atoms with Gasteiger partial charge in [-0.15, -0.1) is 0 Å². The fourth-order valence-electron chi connectivity index (χ4n) is 1.34. The molecule has 1 nitrogen and oxygen atoms in total. The van der Waals surface area contributed by atoms with Crippen LogP contribution in [0.2, 0.25) is 5.02 Å². The lowest BCUT2D eigenvalue weighted by Gasteiger charge is -2.08. The minimum atomic E-state index is 0.684. The molecule has 0 radical (unpaired) electrons. The first-order valence-corrected chi connectivity index (χ1v) is 6.55. The fourth-order valence-corrected chi connectivity index (χ4v) is 1.98. The second kappa shape index (κ2) is 5.63. The molecule has 0 aliphatic rings. The molecule has 0 unspecified atom stereocenters. The molecule has 86 valence electrons. The molecule has 0 amide bonds. The first-order chi connectivity index (χ1) is 8.15. The summed E-state index contributed by atoms with van der Waals surface area (Å²) in [4.78, 5) is 0.684. The topological polar surface area (TPSA) is 12.0 Å². The van der Waals surface area contributed by atoms with Crippen molar-refractivity contribution in [1.29, 1.82) is 0 Å². The first-order valence-electron chi connectivity index (χ1n) is 4.97. The van der Waals surface area contributed by atoms with Gasteiger partial charge in [0.15, 0.2) is 0 Å². The van der Waals surface area contributed by atoms with E-state index in [1.165, 1.54) is 0 Å². The van der Waals surface area contributed by atoms with Gasteiger partial charge in [-0.3, -0.25) is 0 Å². The second-order valence-electron chi connectivity index (χ2n) is 3.47. The highest BCUT2D eigenvalue weighted by Crippen LogP contribution is 2.16. The average Bonchev–Trinajstić information content (AvgIpc) is 2.33. The molecule has 2 rings (SSSR count). The summed E-state index contributed by atoms with van der Waals surface area (Å²) in [5, 5.41) is 3.88. The van der Waals surface area contributed by atoms with E-state index in [1.807, 2.05) is 48.5 Å². The number of nitrogens with one attached hydrogen (secondary N) is 1. The van der Waals surface area contributed by atoms with Gasteiger partial charge in [0.25, 0.3) is 0 Å². The number of thiocarbonyl (C=S) groups is 1. The predicted molar refractivity (Wildman–Crippen MR) is 80.9 cm³/mol. The molecule has 0 atom stereocenters. The number of rotatable bonds is 2. The highest BCUT2D eigenvalue weighted by molar-refractivity contribution is 9.10. The lowest BCUT2D eigenvalue weighted by atomic mass is 10.2. The Morgan fingerprint density at radius 3 is 2.18 bits per heavy atom. The molecule has 0 aromatic heterocycles. The minimum absolute atomic E-state index is 0.684. The van der Waals surface area contributed by atoms with E-state index in [4.69, 9.17) is 23.8 Å². The summed E-state index contributed by atoms with van der Waals surface area (Å²) < 4.78 is 1.04. The highest BCUT2D eigenvalue weighted by atomic mass is 79.9. The van der Waals surface area contributed by atoms with Crippen LogP contribution in [0, 0.1) is 0 Å². The monoisotopic (exact) mass is 325 g/mol. The van der Waals surface area contributed by atoms with Gasteiger partial charge in [0.2, 0.25) is 0 Å². The van der Waals surface area contributed by atoms with Crippen LogP contribution in [0.25, 0.3) is 0 Å². The summed E-state index contributed by atoms with van der Waals surface area (Å²) in [6.07, 6.45) is 0. The summed E-state index contributed by atoms with van der Waals surface area (Å²) in [7, 11) is 0. The van der Waals surface area contributed by atoms with E-state index in [0.29, 0.717) is 10.0 Å². The third kappa shape index (κ3) is 3.53. The van der Waals surface area contributed by atoms with Crippen molar-refractivity contribution in [2.24, 2.45) is 0 Å². The number of hydrogen-bond donors (Lipinski definition) is 1. The molecular formula is C13H9BrClNS. The smallest absolute Gasteiger partial charge is 0.110 e. The van der Waals surface area contributed by atoms with Gasteiger partial charge in [-0.05, 0) is 36.4 Å². The Hall–Kier alpha value is -0.900. The Kier molecular flexibility index (Phi) is 4.15. The van der Waals surface area contributed by atoms with Gasteiger partial charge in [-0.1, -0.05) is 51.9 Å². The Morgan fingerprint density at radius 2 is 1.59 bits per heavy atom. The summed E-state index contributed by atoms with van der Waals surface area (Å²) >= 11 is 14.5. The summed E-state index contributed by atoms with van der Waals surface area (Å²) in [6, 6.07) is 15.3. The zero-order valence-electron chi connectivity index (χ0n) is 8.78. The zero-order valence-corrected chi connectivity index (χ0v) is 11.9. The third-order valence-electron chi connectivity index (χ3n) is 2.21. The van der Waals surface area contributed by atoms with Crippen LogP contribution in [0.5, 0.6) is 0 Å². The molecule has 0 saturated carbocycles. The molecule has 0 saturated heterocycles. The van der Waals surface area contributed by atoms with Crippen molar-refractivity contribution in [2.75, 3.05) is 5.32 Å². The summed E-state index contributed by atoms with van der Waals surface area (Å²) in [5.74, 6) is 0. The van der Waals surface area contributed by atoms with Crippen molar-refractivity contribution in [3.05, 3.63) is 63.6 Å². The highest BCUT2D eigenvalue weighted by Gasteiger charge is 2.01. The SMILES string of the molecule is S=C(Nc1ccc(Br)cc1)c1ccc(Cl)cc1. The van der Waals surface area contributed by atoms with Gasteiger partial charge >= 0.3 is 0 Å². The average molecular weight is 327 g/mol. The molecule has 2 aromatic rings. The standard InChI is InChI=1S/C13H9BrClNS/c14-10-3-7-12(8-4-10)16-13(17)9-1-5-11(15)6-2-9/h1-8H,(H,16,17). The zero-order chi connectivity index (χ0) is 12.3. The summed E-state index contributed by atoms with van der Waals surface area (Å²) in [6.45, 7) is 0. The second-order valence-corrected chi connectivity index (χ2v) is 5.23. The van der Waals surface area contributed by atoms with E-state index < -0.39 is 0 Å². The molecule has 17 heavy (non-hydrogen) atoms. The quantitative estimate of drug-likeness (QED) is 0.789. The van der Waals surface area contributed by atoms with Gasteiger partial charge in [0.05, 0.1) is 0 Å². The van der Waals surface area contributed by atoms with Crippen LogP contribution in [0.15, 0.2) is 53.0 Å². The number of anilines is 1. The molecule has 2 aromatic carbocycles. The third-order valence-corrected chi connectivity index (χ3v) is 3.33. The van der Waals surface area contributed by atoms with Gasteiger partial charge in [-0.25, -0.2) is 0 Å². The molecule has 0 aliphatic carbocycles. The molecule has 0 bridgehead atoms. The van der Waals surface area contributed by atoms with Crippen LogP contribution >= 0.6 is 39.7 Å². The van der Waals surface area contributed by atoms with Crippen LogP contribution < -0.4 is 5.32 Å². The lowest BCUT2D eigenvalue weighted by Crippen LogP contribution is -2.09. The van der Waals surface area contributed by atoms with E-state index >= 15 is 0 Å². The predicted octanol–water partition coefficient (Wildman–Crippen LogP) is 4.89. The lowest BCUT2D eigenvalue weighted by molar-refractivity contribution is 1.59. The van der Waals surface area contributed by atoms with Crippen molar-refractivity contribution in [3.63, 3.8) is 0 Å². The van der Waals surface area contributed by atoms with Crippen LogP contribution in [0.1, 0.15) is 5.56 Å². The van der Waals surface area contributed by atoms with Crippen molar-refractivity contribution in [3.8, 4) is 0 Å². The molecular weight excluding hydrogens is 318 g/mol. The Labute approximate surface area is 119 Å². The number of benzene rings is 2. The van der Waals surface area contributed by atoms with Crippen LogP contribution in [-0.4, -0.2) is 4.99 Å². The molecule has 0 spiro atoms. The maximum atomic E-state index is 5.83. The number of hydrogen-bond acceptors (Lipinski definition) is 1. The molecule has 0 fully saturated rings. The van der Waals surface area contributed by atoms with E-state index in [0.717, 1.165) is 15.7 Å². The molecule has 0 aliphatic heterocycles. The van der Waals surface area contributed by atoms with Gasteiger partial charge in [0, 0.05) is 20.7 Å². The van der Waals surface area contributed by atoms with Crippen LogP contribution in [0.3, 0.4) is 0 Å². The summed E-state index contributed by atoms with van der Waals surface area (Å²) in [5.41, 5.74) is 1.92. The van der Waals surface area contributed by atoms with E-state index in [-0.39, 0.29) is 0 Å². The van der Waals surface area contributed by atoms with Crippen molar-refractivity contribution >= 4 is 50.4 Å². The Bertz CT molecular complexity index is 522. The van der Waals surface area contributed by atoms with Gasteiger partial charge in [-0.2, -0.15) is 0 Å². The van der Waals surface area contributed by atoms with Gasteiger partial charge in [0.1, 0.15) is 4.99 Å². The van der Waals surface area contributed by atoms with E-state index in [9.17, 15) is 0 Å². The van der Waals surface area contributed by atoms with Gasteiger partial charge < -0.3 is 5.32 Å². The molecule has 0 heterocycles. The van der Waals surface area contributed by atoms with E-state index in [1.54, 1.807) is 0 Å².